The number of piperidine rings is 1. The minimum Gasteiger partial charge on any atom is -0.366 e. The van der Waals surface area contributed by atoms with Crippen molar-refractivity contribution in [2.75, 3.05) is 18.0 Å². The quantitative estimate of drug-likeness (QED) is 0.666. The van der Waals surface area contributed by atoms with Gasteiger partial charge in [0, 0.05) is 37.9 Å². The molecule has 0 atom stereocenters. The summed E-state index contributed by atoms with van der Waals surface area (Å²) in [4.78, 5) is 19.9. The Kier molecular flexibility index (Phi) is 5.34. The fourth-order valence-electron chi connectivity index (χ4n) is 2.96. The molecule has 2 aromatic rings. The van der Waals surface area contributed by atoms with E-state index in [0.717, 1.165) is 5.56 Å². The summed E-state index contributed by atoms with van der Waals surface area (Å²) in [5, 5.41) is 2.79. The van der Waals surface area contributed by atoms with Crippen molar-refractivity contribution < 1.29 is 22.4 Å². The molecule has 5 nitrogen and oxygen atoms in total. The zero-order chi connectivity index (χ0) is 18.7. The fourth-order valence-corrected chi connectivity index (χ4v) is 2.96. The molecule has 1 saturated heterocycles. The number of carbonyl (C=O) groups is 1. The smallest absolute Gasteiger partial charge is 0.253 e. The number of hydrogen-bond acceptors (Lipinski definition) is 4. The van der Waals surface area contributed by atoms with Crippen molar-refractivity contribution in [1.29, 1.82) is 0 Å². The van der Waals surface area contributed by atoms with Gasteiger partial charge < -0.3 is 10.2 Å². The van der Waals surface area contributed by atoms with Crippen LogP contribution < -0.4 is 10.2 Å². The number of nitrogens with one attached hydrogen (secondary N) is 1. The van der Waals surface area contributed by atoms with Crippen LogP contribution in [0.1, 0.15) is 18.4 Å². The molecule has 9 heteroatoms. The van der Waals surface area contributed by atoms with E-state index in [1.165, 1.54) is 4.90 Å². The van der Waals surface area contributed by atoms with Crippen LogP contribution in [0.15, 0.2) is 24.5 Å². The SMILES string of the molecule is O=C(NCc1cccnc1)C1CCN(c2c(F)c(F)nc(F)c2F)CC1. The minimum atomic E-state index is -1.68. The normalized spacial score (nSPS) is 15.2. The lowest BCUT2D eigenvalue weighted by molar-refractivity contribution is -0.125. The number of halogens is 4. The van der Waals surface area contributed by atoms with Crippen LogP contribution >= 0.6 is 0 Å². The molecule has 0 unspecified atom stereocenters. The maximum absolute atomic E-state index is 13.8. The van der Waals surface area contributed by atoms with Gasteiger partial charge in [-0.25, -0.2) is 0 Å². The van der Waals surface area contributed by atoms with E-state index in [4.69, 9.17) is 0 Å². The lowest BCUT2D eigenvalue weighted by Gasteiger charge is -2.33. The third-order valence-electron chi connectivity index (χ3n) is 4.35. The fraction of sp³-hybridized carbons (Fsp3) is 0.353. The molecular formula is C17H16F4N4O. The van der Waals surface area contributed by atoms with Gasteiger partial charge in [0.2, 0.25) is 17.5 Å². The molecule has 0 radical (unpaired) electrons. The van der Waals surface area contributed by atoms with Gasteiger partial charge in [-0.05, 0) is 24.5 Å². The van der Waals surface area contributed by atoms with Gasteiger partial charge in [-0.2, -0.15) is 22.5 Å². The average Bonchev–Trinajstić information content (AvgIpc) is 2.66. The van der Waals surface area contributed by atoms with E-state index in [9.17, 15) is 22.4 Å². The average molecular weight is 368 g/mol. The predicted octanol–water partition coefficient (Wildman–Crippen LogP) is 2.57. The Hall–Kier alpha value is -2.71. The highest BCUT2D eigenvalue weighted by Crippen LogP contribution is 2.30. The van der Waals surface area contributed by atoms with E-state index < -0.39 is 29.2 Å². The summed E-state index contributed by atoms with van der Waals surface area (Å²) in [6, 6.07) is 3.59. The first kappa shape index (κ1) is 18.1. The van der Waals surface area contributed by atoms with E-state index in [0.29, 0.717) is 19.4 Å². The Morgan fingerprint density at radius 3 is 2.38 bits per heavy atom. The van der Waals surface area contributed by atoms with Gasteiger partial charge >= 0.3 is 0 Å². The summed E-state index contributed by atoms with van der Waals surface area (Å²) in [7, 11) is 0. The van der Waals surface area contributed by atoms with Crippen LogP contribution in [0.4, 0.5) is 23.2 Å². The van der Waals surface area contributed by atoms with Crippen LogP contribution in [0, 0.1) is 29.4 Å². The Balaban J connectivity index is 1.60. The van der Waals surface area contributed by atoms with Crippen molar-refractivity contribution >= 4 is 11.6 Å². The van der Waals surface area contributed by atoms with Crippen molar-refractivity contribution in [1.82, 2.24) is 15.3 Å². The lowest BCUT2D eigenvalue weighted by atomic mass is 9.95. The second-order valence-corrected chi connectivity index (χ2v) is 6.01. The molecule has 2 aromatic heterocycles. The van der Waals surface area contributed by atoms with Crippen molar-refractivity contribution in [3.05, 3.63) is 53.6 Å². The molecule has 3 heterocycles. The number of carbonyl (C=O) groups excluding carboxylic acids is 1. The maximum Gasteiger partial charge on any atom is 0.253 e. The predicted molar refractivity (Wildman–Crippen MR) is 85.1 cm³/mol. The summed E-state index contributed by atoms with van der Waals surface area (Å²) in [5.41, 5.74) is 0.0781. The number of amides is 1. The third kappa shape index (κ3) is 3.76. The molecular weight excluding hydrogens is 352 g/mol. The summed E-state index contributed by atoms with van der Waals surface area (Å²) < 4.78 is 54.1. The van der Waals surface area contributed by atoms with Gasteiger partial charge in [0.1, 0.15) is 5.69 Å². The molecule has 1 aliphatic rings. The number of hydrogen-bond donors (Lipinski definition) is 1. The van der Waals surface area contributed by atoms with Crippen LogP contribution in [0.2, 0.25) is 0 Å². The Labute approximate surface area is 147 Å². The summed E-state index contributed by atoms with van der Waals surface area (Å²) in [5.74, 6) is -6.94. The van der Waals surface area contributed by atoms with E-state index in [1.54, 1.807) is 18.5 Å². The zero-order valence-corrected chi connectivity index (χ0v) is 13.7. The van der Waals surface area contributed by atoms with Crippen LogP contribution in [0.3, 0.4) is 0 Å². The largest absolute Gasteiger partial charge is 0.366 e. The Bertz CT molecular complexity index is 769. The molecule has 0 aromatic carbocycles. The van der Waals surface area contributed by atoms with Crippen molar-refractivity contribution in [3.63, 3.8) is 0 Å². The van der Waals surface area contributed by atoms with Gasteiger partial charge in [-0.15, -0.1) is 0 Å². The van der Waals surface area contributed by atoms with E-state index >= 15 is 0 Å². The molecule has 1 fully saturated rings. The molecule has 26 heavy (non-hydrogen) atoms. The highest BCUT2D eigenvalue weighted by molar-refractivity contribution is 5.79. The summed E-state index contributed by atoms with van der Waals surface area (Å²) in [6.07, 6.45) is 3.89. The minimum absolute atomic E-state index is 0.0989. The standard InChI is InChI=1S/C17H16F4N4O/c18-12-14(13(19)16(21)24-15(12)20)25-6-3-11(4-7-25)17(26)23-9-10-2-1-5-22-8-10/h1-2,5,8,11H,3-4,6-7,9H2,(H,23,26). The zero-order valence-electron chi connectivity index (χ0n) is 13.7. The molecule has 0 bridgehead atoms. The molecule has 1 amide bonds. The van der Waals surface area contributed by atoms with E-state index in [2.05, 4.69) is 15.3 Å². The summed E-state index contributed by atoms with van der Waals surface area (Å²) in [6.45, 7) is 0.528. The highest BCUT2D eigenvalue weighted by Gasteiger charge is 2.30. The molecule has 138 valence electrons. The van der Waals surface area contributed by atoms with Crippen LogP contribution in [-0.4, -0.2) is 29.0 Å². The van der Waals surface area contributed by atoms with Crippen LogP contribution in [-0.2, 0) is 11.3 Å². The summed E-state index contributed by atoms with van der Waals surface area (Å²) >= 11 is 0. The van der Waals surface area contributed by atoms with Gasteiger partial charge in [-0.3, -0.25) is 9.78 Å². The molecule has 3 rings (SSSR count). The van der Waals surface area contributed by atoms with Crippen molar-refractivity contribution in [2.24, 2.45) is 5.92 Å². The number of anilines is 1. The number of aromatic nitrogens is 2. The van der Waals surface area contributed by atoms with E-state index in [-0.39, 0.29) is 24.9 Å². The lowest BCUT2D eigenvalue weighted by Crippen LogP contribution is -2.41. The molecule has 0 aliphatic carbocycles. The molecule has 0 spiro atoms. The van der Waals surface area contributed by atoms with Crippen molar-refractivity contribution in [3.8, 4) is 0 Å². The van der Waals surface area contributed by atoms with Crippen LogP contribution in [0.5, 0.6) is 0 Å². The van der Waals surface area contributed by atoms with Crippen LogP contribution in [0.25, 0.3) is 0 Å². The van der Waals surface area contributed by atoms with Gasteiger partial charge in [0.25, 0.3) is 11.9 Å². The second kappa shape index (κ2) is 7.67. The first-order valence-electron chi connectivity index (χ1n) is 8.09. The number of nitrogens with zero attached hydrogens (tertiary/aromatic N) is 3. The Morgan fingerprint density at radius 1 is 1.15 bits per heavy atom. The van der Waals surface area contributed by atoms with Gasteiger partial charge in [0.15, 0.2) is 0 Å². The topological polar surface area (TPSA) is 58.1 Å². The Morgan fingerprint density at radius 2 is 1.81 bits per heavy atom. The molecule has 0 saturated carbocycles. The maximum atomic E-state index is 13.8. The van der Waals surface area contributed by atoms with E-state index in [1.807, 2.05) is 6.07 Å². The monoisotopic (exact) mass is 368 g/mol. The molecule has 1 aliphatic heterocycles. The van der Waals surface area contributed by atoms with Crippen molar-refractivity contribution in [2.45, 2.75) is 19.4 Å². The first-order valence-corrected chi connectivity index (χ1v) is 8.09. The van der Waals surface area contributed by atoms with Gasteiger partial charge in [0.05, 0.1) is 0 Å². The van der Waals surface area contributed by atoms with Gasteiger partial charge in [-0.1, -0.05) is 6.07 Å². The highest BCUT2D eigenvalue weighted by atomic mass is 19.2. The third-order valence-corrected chi connectivity index (χ3v) is 4.35. The first-order chi connectivity index (χ1) is 12.5. The number of rotatable bonds is 4. The number of pyridine rings is 2. The molecule has 1 N–H and O–H groups in total. The second-order valence-electron chi connectivity index (χ2n) is 6.01.